The van der Waals surface area contributed by atoms with Crippen LogP contribution < -0.4 is 34.7 Å². The third-order valence-corrected chi connectivity index (χ3v) is 5.19. The fourth-order valence-corrected chi connectivity index (χ4v) is 3.32. The average molecular weight is 444 g/mol. The number of halogens is 1. The molecule has 0 aromatic heterocycles. The van der Waals surface area contributed by atoms with E-state index in [1.807, 2.05) is 29.2 Å². The largest absolute Gasteiger partial charge is 1.00 e. The first-order valence-corrected chi connectivity index (χ1v) is 10.3. The van der Waals surface area contributed by atoms with E-state index in [9.17, 15) is 14.7 Å². The van der Waals surface area contributed by atoms with Gasteiger partial charge in [-0.1, -0.05) is 73.5 Å². The minimum Gasteiger partial charge on any atom is -0.545 e. The van der Waals surface area contributed by atoms with Gasteiger partial charge in [0.15, 0.2) is 0 Å². The number of benzene rings is 3. The van der Waals surface area contributed by atoms with Crippen molar-refractivity contribution in [2.24, 2.45) is 0 Å². The van der Waals surface area contributed by atoms with Crippen LogP contribution in [0.4, 0.5) is 0 Å². The quantitative estimate of drug-likeness (QED) is 0.499. The Labute approximate surface area is 210 Å². The van der Waals surface area contributed by atoms with Gasteiger partial charge in [0, 0.05) is 23.7 Å². The molecule has 3 aromatic rings. The molecule has 0 spiro atoms. The standard InChI is InChI=1S/C25H24ClNO3.Na/c1-2-3-16-27(24(28)21-12-14-23(26)15-13-21)17-18-4-6-19(7-5-18)20-8-10-22(11-9-20)25(29)30;/h4-15H,2-3,16-17H2,1H3,(H,29,30);/q;+1/p-1. The summed E-state index contributed by atoms with van der Waals surface area (Å²) in [6, 6.07) is 21.5. The normalized spacial score (nSPS) is 10.3. The molecule has 3 aromatic carbocycles. The van der Waals surface area contributed by atoms with Gasteiger partial charge in [-0.3, -0.25) is 4.79 Å². The van der Waals surface area contributed by atoms with E-state index in [0.29, 0.717) is 23.7 Å². The van der Waals surface area contributed by atoms with Crippen molar-refractivity contribution < 1.29 is 44.3 Å². The summed E-state index contributed by atoms with van der Waals surface area (Å²) in [5.41, 5.74) is 3.71. The van der Waals surface area contributed by atoms with Crippen LogP contribution in [-0.4, -0.2) is 23.3 Å². The van der Waals surface area contributed by atoms with Gasteiger partial charge in [-0.25, -0.2) is 0 Å². The number of unbranched alkanes of at least 4 members (excludes halogenated alkanes) is 1. The van der Waals surface area contributed by atoms with Gasteiger partial charge in [0.05, 0.1) is 5.97 Å². The van der Waals surface area contributed by atoms with Gasteiger partial charge in [-0.2, -0.15) is 0 Å². The number of hydrogen-bond donors (Lipinski definition) is 0. The van der Waals surface area contributed by atoms with E-state index in [2.05, 4.69) is 6.92 Å². The first-order chi connectivity index (χ1) is 14.5. The van der Waals surface area contributed by atoms with Crippen LogP contribution >= 0.6 is 11.6 Å². The number of hydrogen-bond acceptors (Lipinski definition) is 3. The molecule has 0 aliphatic heterocycles. The van der Waals surface area contributed by atoms with E-state index >= 15 is 0 Å². The molecule has 0 unspecified atom stereocenters. The predicted molar refractivity (Wildman–Crippen MR) is 117 cm³/mol. The second-order valence-corrected chi connectivity index (χ2v) is 7.59. The molecule has 3 rings (SSSR count). The Hall–Kier alpha value is -2.11. The zero-order valence-corrected chi connectivity index (χ0v) is 20.6. The molecule has 6 heteroatoms. The second-order valence-electron chi connectivity index (χ2n) is 7.15. The molecule has 0 aliphatic carbocycles. The Morgan fingerprint density at radius 1 is 0.839 bits per heavy atom. The Morgan fingerprint density at radius 3 is 1.87 bits per heavy atom. The smallest absolute Gasteiger partial charge is 0.545 e. The zero-order valence-electron chi connectivity index (χ0n) is 17.8. The van der Waals surface area contributed by atoms with Crippen molar-refractivity contribution in [3.8, 4) is 11.1 Å². The summed E-state index contributed by atoms with van der Waals surface area (Å²) >= 11 is 5.94. The summed E-state index contributed by atoms with van der Waals surface area (Å²) in [6.07, 6.45) is 1.94. The summed E-state index contributed by atoms with van der Waals surface area (Å²) < 4.78 is 0. The molecule has 4 nitrogen and oxygen atoms in total. The topological polar surface area (TPSA) is 60.4 Å². The minimum absolute atomic E-state index is 0. The van der Waals surface area contributed by atoms with Gasteiger partial charge in [-0.05, 0) is 52.9 Å². The van der Waals surface area contributed by atoms with Gasteiger partial charge in [0.2, 0.25) is 0 Å². The van der Waals surface area contributed by atoms with Gasteiger partial charge in [0.1, 0.15) is 0 Å². The van der Waals surface area contributed by atoms with Gasteiger partial charge < -0.3 is 14.8 Å². The molecule has 154 valence electrons. The molecule has 0 aliphatic rings. The molecule has 0 N–H and O–H groups in total. The van der Waals surface area contributed by atoms with Crippen LogP contribution in [0.2, 0.25) is 5.02 Å². The van der Waals surface area contributed by atoms with Crippen LogP contribution in [0, 0.1) is 0 Å². The molecule has 0 fully saturated rings. The SMILES string of the molecule is CCCCN(Cc1ccc(-c2ccc(C(=O)[O-])cc2)cc1)C(=O)c1ccc(Cl)cc1.[Na+]. The number of carbonyl (C=O) groups excluding carboxylic acids is 2. The minimum atomic E-state index is -1.19. The molecule has 0 heterocycles. The van der Waals surface area contributed by atoms with Crippen molar-refractivity contribution in [2.45, 2.75) is 26.3 Å². The summed E-state index contributed by atoms with van der Waals surface area (Å²) in [7, 11) is 0. The molecule has 0 saturated carbocycles. The maximum Gasteiger partial charge on any atom is 1.00 e. The number of nitrogens with zero attached hydrogens (tertiary/aromatic N) is 1. The van der Waals surface area contributed by atoms with Crippen LogP contribution in [-0.2, 0) is 6.54 Å². The molecule has 0 radical (unpaired) electrons. The van der Waals surface area contributed by atoms with Crippen LogP contribution in [0.5, 0.6) is 0 Å². The Morgan fingerprint density at radius 2 is 1.35 bits per heavy atom. The number of amides is 1. The molecular formula is C25H23ClNNaO3. The number of aromatic carboxylic acids is 1. The fraction of sp³-hybridized carbons (Fsp3) is 0.200. The molecule has 1 amide bonds. The van der Waals surface area contributed by atoms with E-state index < -0.39 is 5.97 Å². The van der Waals surface area contributed by atoms with Crippen molar-refractivity contribution in [2.75, 3.05) is 6.54 Å². The second kappa shape index (κ2) is 12.1. The third kappa shape index (κ3) is 6.94. The van der Waals surface area contributed by atoms with Crippen LogP contribution in [0.3, 0.4) is 0 Å². The van der Waals surface area contributed by atoms with Gasteiger partial charge in [0.25, 0.3) is 5.91 Å². The van der Waals surface area contributed by atoms with Crippen molar-refractivity contribution in [1.29, 1.82) is 0 Å². The Bertz CT molecular complexity index is 1000. The predicted octanol–water partition coefficient (Wildman–Crippen LogP) is 1.82. The maximum absolute atomic E-state index is 13.0. The van der Waals surface area contributed by atoms with E-state index in [0.717, 1.165) is 29.5 Å². The molecular weight excluding hydrogens is 421 g/mol. The van der Waals surface area contributed by atoms with Gasteiger partial charge in [-0.15, -0.1) is 0 Å². The first kappa shape index (κ1) is 25.2. The van der Waals surface area contributed by atoms with Crippen LogP contribution in [0.1, 0.15) is 46.0 Å². The number of carboxylic acids is 1. The Kier molecular flexibility index (Phi) is 9.79. The van der Waals surface area contributed by atoms with E-state index in [4.69, 9.17) is 11.6 Å². The van der Waals surface area contributed by atoms with E-state index in [1.54, 1.807) is 36.4 Å². The molecule has 31 heavy (non-hydrogen) atoms. The molecule has 0 saturated heterocycles. The van der Waals surface area contributed by atoms with Crippen molar-refractivity contribution in [3.05, 3.63) is 94.5 Å². The van der Waals surface area contributed by atoms with E-state index in [-0.39, 0.29) is 41.0 Å². The summed E-state index contributed by atoms with van der Waals surface area (Å²) in [5, 5.41) is 11.5. The Balaban J connectivity index is 0.00000341. The third-order valence-electron chi connectivity index (χ3n) is 4.94. The van der Waals surface area contributed by atoms with Crippen LogP contribution in [0.25, 0.3) is 11.1 Å². The number of rotatable bonds is 8. The summed E-state index contributed by atoms with van der Waals surface area (Å²) in [6.45, 7) is 3.31. The zero-order chi connectivity index (χ0) is 21.5. The van der Waals surface area contributed by atoms with Crippen molar-refractivity contribution >= 4 is 23.5 Å². The number of carboxylic acid groups (broad SMARTS) is 1. The fourth-order valence-electron chi connectivity index (χ4n) is 3.20. The molecule has 0 atom stereocenters. The maximum atomic E-state index is 13.0. The van der Waals surface area contributed by atoms with Gasteiger partial charge >= 0.3 is 29.6 Å². The molecule has 0 bridgehead atoms. The first-order valence-electron chi connectivity index (χ1n) is 9.93. The van der Waals surface area contributed by atoms with Crippen molar-refractivity contribution in [3.63, 3.8) is 0 Å². The van der Waals surface area contributed by atoms with Crippen LogP contribution in [0.15, 0.2) is 72.8 Å². The average Bonchev–Trinajstić information content (AvgIpc) is 2.77. The monoisotopic (exact) mass is 443 g/mol. The summed E-state index contributed by atoms with van der Waals surface area (Å²) in [5.74, 6) is -1.20. The summed E-state index contributed by atoms with van der Waals surface area (Å²) in [4.78, 5) is 25.7. The van der Waals surface area contributed by atoms with E-state index in [1.165, 1.54) is 12.1 Å². The number of carbonyl (C=O) groups is 2. The van der Waals surface area contributed by atoms with Crippen molar-refractivity contribution in [1.82, 2.24) is 4.90 Å².